The topological polar surface area (TPSA) is 78.0 Å². The Morgan fingerprint density at radius 1 is 1.25 bits per heavy atom. The Morgan fingerprint density at radius 2 is 1.88 bits per heavy atom. The molecule has 1 heterocycles. The van der Waals surface area contributed by atoms with Crippen molar-refractivity contribution in [1.29, 1.82) is 0 Å². The highest BCUT2D eigenvalue weighted by molar-refractivity contribution is 14.1. The van der Waals surface area contributed by atoms with Gasteiger partial charge in [-0.05, 0) is 46.9 Å². The summed E-state index contributed by atoms with van der Waals surface area (Å²) in [5, 5.41) is 8.93. The van der Waals surface area contributed by atoms with Crippen LogP contribution in [0.5, 0.6) is 0 Å². The summed E-state index contributed by atoms with van der Waals surface area (Å²) in [6, 6.07) is 7.52. The van der Waals surface area contributed by atoms with E-state index in [-0.39, 0.29) is 4.90 Å². The van der Waals surface area contributed by atoms with Crippen molar-refractivity contribution in [1.82, 2.24) is 9.78 Å². The second-order valence-corrected chi connectivity index (χ2v) is 5.95. The lowest BCUT2D eigenvalue weighted by atomic mass is 10.3. The van der Waals surface area contributed by atoms with Crippen LogP contribution in [0.15, 0.2) is 41.6 Å². The van der Waals surface area contributed by atoms with E-state index in [4.69, 9.17) is 5.14 Å². The number of aromatic nitrogens is 2. The smallest absolute Gasteiger partial charge is 0.240 e. The van der Waals surface area contributed by atoms with Gasteiger partial charge in [-0.25, -0.2) is 18.2 Å². The number of hydrogen-bond acceptors (Lipinski definition) is 3. The van der Waals surface area contributed by atoms with Gasteiger partial charge in [0.15, 0.2) is 0 Å². The molecular weight excluding hydrogens is 341 g/mol. The van der Waals surface area contributed by atoms with Crippen LogP contribution in [0, 0.1) is 3.57 Å². The van der Waals surface area contributed by atoms with E-state index < -0.39 is 10.0 Å². The van der Waals surface area contributed by atoms with Crippen LogP contribution in [-0.4, -0.2) is 18.2 Å². The average molecular weight is 349 g/mol. The van der Waals surface area contributed by atoms with Gasteiger partial charge < -0.3 is 0 Å². The molecule has 0 amide bonds. The summed E-state index contributed by atoms with van der Waals surface area (Å²) in [5.74, 6) is 0. The molecule has 7 heteroatoms. The SMILES string of the molecule is NS(=O)(=O)c1cnn(-c2ccc(I)cc2)c1. The first-order valence-corrected chi connectivity index (χ1v) is 6.93. The minimum absolute atomic E-state index is 0.00560. The van der Waals surface area contributed by atoms with Gasteiger partial charge >= 0.3 is 0 Å². The molecule has 2 aromatic rings. The molecule has 5 nitrogen and oxygen atoms in total. The number of benzene rings is 1. The lowest BCUT2D eigenvalue weighted by Gasteiger charge is -2.00. The number of primary sulfonamides is 1. The first-order valence-electron chi connectivity index (χ1n) is 4.30. The highest BCUT2D eigenvalue weighted by Crippen LogP contribution is 2.12. The van der Waals surface area contributed by atoms with Crippen molar-refractivity contribution in [3.63, 3.8) is 0 Å². The Labute approximate surface area is 106 Å². The Kier molecular flexibility index (Phi) is 3.00. The maximum Gasteiger partial charge on any atom is 0.241 e. The van der Waals surface area contributed by atoms with E-state index in [0.717, 1.165) is 9.26 Å². The highest BCUT2D eigenvalue weighted by Gasteiger charge is 2.10. The zero-order valence-electron chi connectivity index (χ0n) is 8.04. The van der Waals surface area contributed by atoms with Crippen LogP contribution in [0.2, 0.25) is 0 Å². The van der Waals surface area contributed by atoms with E-state index in [1.165, 1.54) is 17.1 Å². The molecule has 0 radical (unpaired) electrons. The molecule has 0 aliphatic carbocycles. The van der Waals surface area contributed by atoms with Gasteiger partial charge in [0.2, 0.25) is 10.0 Å². The van der Waals surface area contributed by atoms with Crippen LogP contribution in [-0.2, 0) is 10.0 Å². The van der Waals surface area contributed by atoms with Gasteiger partial charge in [-0.3, -0.25) is 0 Å². The van der Waals surface area contributed by atoms with Crippen molar-refractivity contribution in [3.8, 4) is 5.69 Å². The van der Waals surface area contributed by atoms with Crippen LogP contribution >= 0.6 is 22.6 Å². The number of nitrogens with two attached hydrogens (primary N) is 1. The van der Waals surface area contributed by atoms with Crippen molar-refractivity contribution in [2.75, 3.05) is 0 Å². The molecule has 0 spiro atoms. The minimum atomic E-state index is -3.68. The van der Waals surface area contributed by atoms with E-state index in [1.54, 1.807) is 0 Å². The van der Waals surface area contributed by atoms with Crippen LogP contribution < -0.4 is 5.14 Å². The molecule has 0 saturated carbocycles. The Morgan fingerprint density at radius 3 is 2.38 bits per heavy atom. The molecule has 2 rings (SSSR count). The second kappa shape index (κ2) is 4.15. The van der Waals surface area contributed by atoms with E-state index in [2.05, 4.69) is 27.7 Å². The molecule has 0 atom stereocenters. The van der Waals surface area contributed by atoms with Crippen LogP contribution in [0.25, 0.3) is 5.69 Å². The normalized spacial score (nSPS) is 11.6. The molecule has 16 heavy (non-hydrogen) atoms. The van der Waals surface area contributed by atoms with Gasteiger partial charge in [-0.1, -0.05) is 0 Å². The summed E-state index contributed by atoms with van der Waals surface area (Å²) >= 11 is 2.19. The first kappa shape index (κ1) is 11.6. The molecule has 0 aliphatic heterocycles. The van der Waals surface area contributed by atoms with Crippen molar-refractivity contribution in [2.45, 2.75) is 4.90 Å². The lowest BCUT2D eigenvalue weighted by molar-refractivity contribution is 0.598. The Balaban J connectivity index is 2.43. The summed E-state index contributed by atoms with van der Waals surface area (Å²) in [4.78, 5) is 0.00560. The van der Waals surface area contributed by atoms with Gasteiger partial charge in [0, 0.05) is 3.57 Å². The summed E-state index contributed by atoms with van der Waals surface area (Å²) in [6.45, 7) is 0. The lowest BCUT2D eigenvalue weighted by Crippen LogP contribution is -2.11. The fraction of sp³-hybridized carbons (Fsp3) is 0. The highest BCUT2D eigenvalue weighted by atomic mass is 127. The molecule has 84 valence electrons. The predicted octanol–water partition coefficient (Wildman–Crippen LogP) is 1.12. The monoisotopic (exact) mass is 349 g/mol. The van der Waals surface area contributed by atoms with Crippen LogP contribution in [0.1, 0.15) is 0 Å². The van der Waals surface area contributed by atoms with E-state index in [0.29, 0.717) is 0 Å². The average Bonchev–Trinajstić information content (AvgIpc) is 2.67. The van der Waals surface area contributed by atoms with Gasteiger partial charge in [-0.2, -0.15) is 5.10 Å². The third kappa shape index (κ3) is 2.42. The molecule has 2 N–H and O–H groups in total. The van der Waals surface area contributed by atoms with E-state index in [1.807, 2.05) is 24.3 Å². The zero-order chi connectivity index (χ0) is 11.8. The summed E-state index contributed by atoms with van der Waals surface area (Å²) in [5.41, 5.74) is 0.787. The number of sulfonamides is 1. The van der Waals surface area contributed by atoms with Crippen LogP contribution in [0.4, 0.5) is 0 Å². The molecule has 0 bridgehead atoms. The fourth-order valence-corrected chi connectivity index (χ4v) is 1.99. The van der Waals surface area contributed by atoms with Crippen LogP contribution in [0.3, 0.4) is 0 Å². The molecular formula is C9H8IN3O2S. The standard InChI is InChI=1S/C9H8IN3O2S/c10-7-1-3-8(4-2-7)13-6-9(5-12-13)16(11,14)15/h1-6H,(H2,11,14,15). The Bertz CT molecular complexity index is 604. The molecule has 0 unspecified atom stereocenters. The van der Waals surface area contributed by atoms with Gasteiger partial charge in [0.1, 0.15) is 4.90 Å². The first-order chi connectivity index (χ1) is 7.47. The number of nitrogens with zero attached hydrogens (tertiary/aromatic N) is 2. The van der Waals surface area contributed by atoms with Gasteiger partial charge in [-0.15, -0.1) is 0 Å². The maximum atomic E-state index is 11.1. The van der Waals surface area contributed by atoms with Crippen molar-refractivity contribution in [3.05, 3.63) is 40.2 Å². The van der Waals surface area contributed by atoms with E-state index in [9.17, 15) is 8.42 Å². The third-order valence-corrected chi connectivity index (χ3v) is 3.57. The maximum absolute atomic E-state index is 11.1. The van der Waals surface area contributed by atoms with E-state index >= 15 is 0 Å². The third-order valence-electron chi connectivity index (χ3n) is 1.98. The second-order valence-electron chi connectivity index (χ2n) is 3.14. The number of rotatable bonds is 2. The largest absolute Gasteiger partial charge is 0.241 e. The van der Waals surface area contributed by atoms with Crippen molar-refractivity contribution >= 4 is 32.6 Å². The Hall–Kier alpha value is -0.930. The number of halogens is 1. The fourth-order valence-electron chi connectivity index (χ4n) is 1.19. The number of hydrogen-bond donors (Lipinski definition) is 1. The molecule has 1 aromatic carbocycles. The summed E-state index contributed by atoms with van der Waals surface area (Å²) < 4.78 is 24.7. The summed E-state index contributed by atoms with van der Waals surface area (Å²) in [7, 11) is -3.68. The van der Waals surface area contributed by atoms with Crippen molar-refractivity contribution < 1.29 is 8.42 Å². The molecule has 1 aromatic heterocycles. The minimum Gasteiger partial charge on any atom is -0.240 e. The molecule has 0 aliphatic rings. The summed E-state index contributed by atoms with van der Waals surface area (Å²) in [6.07, 6.45) is 2.62. The molecule has 0 fully saturated rings. The van der Waals surface area contributed by atoms with Gasteiger partial charge in [0.25, 0.3) is 0 Å². The van der Waals surface area contributed by atoms with Crippen molar-refractivity contribution in [2.24, 2.45) is 5.14 Å². The zero-order valence-corrected chi connectivity index (χ0v) is 11.0. The van der Waals surface area contributed by atoms with Gasteiger partial charge in [0.05, 0.1) is 18.1 Å². The molecule has 0 saturated heterocycles. The predicted molar refractivity (Wildman–Crippen MR) is 67.7 cm³/mol. The quantitative estimate of drug-likeness (QED) is 0.826.